The summed E-state index contributed by atoms with van der Waals surface area (Å²) < 4.78 is 5.73. The largest absolute Gasteiger partial charge is 0.492 e. The number of nitrogens with one attached hydrogen (secondary N) is 1. The molecular weight excluding hydrogens is 412 g/mol. The predicted molar refractivity (Wildman–Crippen MR) is 132 cm³/mol. The topological polar surface area (TPSA) is 58.6 Å². The molecule has 33 heavy (non-hydrogen) atoms. The molecule has 0 radical (unpaired) electrons. The van der Waals surface area contributed by atoms with E-state index >= 15 is 0 Å². The third kappa shape index (κ3) is 4.27. The highest BCUT2D eigenvalue weighted by Gasteiger charge is 2.41. The van der Waals surface area contributed by atoms with Crippen LogP contribution in [0.1, 0.15) is 34.7 Å². The van der Waals surface area contributed by atoms with Crippen molar-refractivity contribution in [1.29, 1.82) is 0 Å². The molecule has 3 aromatic carbocycles. The summed E-state index contributed by atoms with van der Waals surface area (Å²) >= 11 is 0. The Hall–Kier alpha value is -3.86. The van der Waals surface area contributed by atoms with Crippen LogP contribution in [0.15, 0.2) is 66.4 Å². The molecule has 1 aliphatic heterocycles. The molecule has 0 bridgehead atoms. The van der Waals surface area contributed by atoms with Crippen LogP contribution >= 0.6 is 0 Å². The van der Waals surface area contributed by atoms with Crippen LogP contribution in [-0.4, -0.2) is 18.4 Å². The van der Waals surface area contributed by atoms with Gasteiger partial charge in [-0.25, -0.2) is 4.90 Å². The average molecular weight is 441 g/mol. The number of para-hydroxylation sites is 2. The van der Waals surface area contributed by atoms with E-state index in [1.54, 1.807) is 18.2 Å². The number of ether oxygens (including phenoxy) is 1. The summed E-state index contributed by atoms with van der Waals surface area (Å²) in [4.78, 5) is 28.7. The van der Waals surface area contributed by atoms with E-state index in [0.717, 1.165) is 33.5 Å². The first-order chi connectivity index (χ1) is 15.8. The second kappa shape index (κ2) is 8.94. The maximum atomic E-state index is 13.8. The minimum absolute atomic E-state index is 0.267. The third-order valence-corrected chi connectivity index (χ3v) is 5.63. The molecular formula is C28H28N2O3. The van der Waals surface area contributed by atoms with Crippen molar-refractivity contribution in [2.75, 3.05) is 16.8 Å². The second-order valence-corrected chi connectivity index (χ2v) is 8.42. The summed E-state index contributed by atoms with van der Waals surface area (Å²) in [6.45, 7) is 10.3. The van der Waals surface area contributed by atoms with E-state index in [1.807, 2.05) is 71.0 Å². The number of nitrogens with zero attached hydrogens (tertiary/aromatic N) is 1. The number of aryl methyl sites for hydroxylation is 4. The maximum absolute atomic E-state index is 13.8. The summed E-state index contributed by atoms with van der Waals surface area (Å²) in [6, 6.07) is 19.0. The van der Waals surface area contributed by atoms with Gasteiger partial charge in [-0.2, -0.15) is 0 Å². The van der Waals surface area contributed by atoms with Crippen molar-refractivity contribution < 1.29 is 14.3 Å². The van der Waals surface area contributed by atoms with E-state index in [0.29, 0.717) is 23.6 Å². The van der Waals surface area contributed by atoms with Crippen molar-refractivity contribution in [3.63, 3.8) is 0 Å². The lowest BCUT2D eigenvalue weighted by Gasteiger charge is -2.19. The van der Waals surface area contributed by atoms with Crippen LogP contribution in [0.2, 0.25) is 0 Å². The van der Waals surface area contributed by atoms with Crippen molar-refractivity contribution in [1.82, 2.24) is 0 Å². The molecule has 5 nitrogen and oxygen atoms in total. The summed E-state index contributed by atoms with van der Waals surface area (Å²) in [5, 5.41) is 3.27. The predicted octanol–water partition coefficient (Wildman–Crippen LogP) is 5.72. The Morgan fingerprint density at radius 2 is 1.52 bits per heavy atom. The van der Waals surface area contributed by atoms with Crippen LogP contribution in [0.3, 0.4) is 0 Å². The molecule has 1 aliphatic rings. The fourth-order valence-electron chi connectivity index (χ4n) is 4.32. The first-order valence-electron chi connectivity index (χ1n) is 11.1. The van der Waals surface area contributed by atoms with E-state index in [4.69, 9.17) is 4.74 Å². The highest BCUT2D eigenvalue weighted by atomic mass is 16.5. The van der Waals surface area contributed by atoms with Crippen LogP contribution in [0.4, 0.5) is 11.4 Å². The van der Waals surface area contributed by atoms with Gasteiger partial charge in [-0.05, 0) is 81.1 Å². The lowest BCUT2D eigenvalue weighted by Crippen LogP contribution is -2.32. The molecule has 4 rings (SSSR count). The Bertz CT molecular complexity index is 1270. The minimum atomic E-state index is -0.402. The normalized spacial score (nSPS) is 13.7. The van der Waals surface area contributed by atoms with Gasteiger partial charge < -0.3 is 10.1 Å². The lowest BCUT2D eigenvalue weighted by molar-refractivity contribution is -0.120. The number of carbonyl (C=O) groups is 2. The molecule has 1 N–H and O–H groups in total. The van der Waals surface area contributed by atoms with Crippen molar-refractivity contribution >= 4 is 28.8 Å². The number of amides is 2. The summed E-state index contributed by atoms with van der Waals surface area (Å²) in [6.07, 6.45) is 0. The number of benzene rings is 3. The van der Waals surface area contributed by atoms with E-state index in [9.17, 15) is 9.59 Å². The Balaban J connectivity index is 1.88. The standard InChI is InChI=1S/C28H28N2O3/c1-6-33-24-10-8-7-9-23(24)30-27(31)25(22-12-11-17(2)14-20(22)5)26(28(30)32)29-21-15-18(3)13-19(4)16-21/h7-16,29H,6H2,1-5H3. The van der Waals surface area contributed by atoms with Crippen molar-refractivity contribution in [3.8, 4) is 5.75 Å². The Kier molecular flexibility index (Phi) is 6.05. The average Bonchev–Trinajstić information content (AvgIpc) is 2.98. The molecule has 0 fully saturated rings. The SMILES string of the molecule is CCOc1ccccc1N1C(=O)C(Nc2cc(C)cc(C)c2)=C(c2ccc(C)cc2C)C1=O. The molecule has 2 amide bonds. The van der Waals surface area contributed by atoms with Crippen molar-refractivity contribution in [2.24, 2.45) is 0 Å². The first kappa shape index (κ1) is 22.3. The van der Waals surface area contributed by atoms with Gasteiger partial charge in [-0.3, -0.25) is 9.59 Å². The van der Waals surface area contributed by atoms with E-state index < -0.39 is 5.91 Å². The minimum Gasteiger partial charge on any atom is -0.492 e. The summed E-state index contributed by atoms with van der Waals surface area (Å²) in [5.41, 5.74) is 6.75. The Labute approximate surface area is 194 Å². The van der Waals surface area contributed by atoms with Gasteiger partial charge in [0.1, 0.15) is 11.4 Å². The van der Waals surface area contributed by atoms with E-state index in [-0.39, 0.29) is 11.6 Å². The van der Waals surface area contributed by atoms with Crippen LogP contribution in [0, 0.1) is 27.7 Å². The van der Waals surface area contributed by atoms with Gasteiger partial charge in [0, 0.05) is 5.69 Å². The van der Waals surface area contributed by atoms with Gasteiger partial charge in [0.25, 0.3) is 11.8 Å². The van der Waals surface area contributed by atoms with Crippen LogP contribution in [-0.2, 0) is 9.59 Å². The number of hydrogen-bond acceptors (Lipinski definition) is 4. The van der Waals surface area contributed by atoms with Crippen LogP contribution in [0.25, 0.3) is 5.57 Å². The second-order valence-electron chi connectivity index (χ2n) is 8.42. The van der Waals surface area contributed by atoms with Gasteiger partial charge in [-0.1, -0.05) is 42.0 Å². The van der Waals surface area contributed by atoms with Gasteiger partial charge in [-0.15, -0.1) is 0 Å². The van der Waals surface area contributed by atoms with Gasteiger partial charge in [0.15, 0.2) is 0 Å². The van der Waals surface area contributed by atoms with Crippen molar-refractivity contribution in [2.45, 2.75) is 34.6 Å². The number of carbonyl (C=O) groups excluding carboxylic acids is 2. The van der Waals surface area contributed by atoms with E-state index in [1.165, 1.54) is 4.90 Å². The maximum Gasteiger partial charge on any atom is 0.282 e. The highest BCUT2D eigenvalue weighted by Crippen LogP contribution is 2.38. The molecule has 0 spiro atoms. The number of anilines is 2. The van der Waals surface area contributed by atoms with Gasteiger partial charge >= 0.3 is 0 Å². The fourth-order valence-corrected chi connectivity index (χ4v) is 4.32. The molecule has 0 aromatic heterocycles. The van der Waals surface area contributed by atoms with Gasteiger partial charge in [0.2, 0.25) is 0 Å². The molecule has 1 heterocycles. The Morgan fingerprint density at radius 1 is 0.818 bits per heavy atom. The van der Waals surface area contributed by atoms with Crippen molar-refractivity contribution in [3.05, 3.63) is 94.2 Å². The van der Waals surface area contributed by atoms with E-state index in [2.05, 4.69) is 11.4 Å². The molecule has 0 saturated carbocycles. The smallest absolute Gasteiger partial charge is 0.282 e. The van der Waals surface area contributed by atoms with Gasteiger partial charge in [0.05, 0.1) is 17.9 Å². The molecule has 0 unspecified atom stereocenters. The number of imide groups is 1. The first-order valence-corrected chi connectivity index (χ1v) is 11.1. The molecule has 0 saturated heterocycles. The number of rotatable bonds is 6. The molecule has 0 aliphatic carbocycles. The quantitative estimate of drug-likeness (QED) is 0.499. The fraction of sp³-hybridized carbons (Fsp3) is 0.214. The molecule has 168 valence electrons. The monoisotopic (exact) mass is 440 g/mol. The zero-order valence-electron chi connectivity index (χ0n) is 19.7. The number of hydrogen-bond donors (Lipinski definition) is 1. The molecule has 5 heteroatoms. The zero-order chi connectivity index (χ0) is 23.7. The third-order valence-electron chi connectivity index (χ3n) is 5.63. The molecule has 0 atom stereocenters. The summed E-state index contributed by atoms with van der Waals surface area (Å²) in [7, 11) is 0. The van der Waals surface area contributed by atoms with Crippen LogP contribution < -0.4 is 15.0 Å². The molecule has 3 aromatic rings. The Morgan fingerprint density at radius 3 is 2.18 bits per heavy atom. The summed E-state index contributed by atoms with van der Waals surface area (Å²) in [5.74, 6) is -0.276. The lowest BCUT2D eigenvalue weighted by atomic mass is 9.97. The van der Waals surface area contributed by atoms with Crippen LogP contribution in [0.5, 0.6) is 5.75 Å². The zero-order valence-corrected chi connectivity index (χ0v) is 19.7. The highest BCUT2D eigenvalue weighted by molar-refractivity contribution is 6.46.